The summed E-state index contributed by atoms with van der Waals surface area (Å²) in [4.78, 5) is 24.4. The molecule has 1 saturated heterocycles. The van der Waals surface area contributed by atoms with Crippen LogP contribution in [0.15, 0.2) is 59.7 Å². The van der Waals surface area contributed by atoms with Crippen molar-refractivity contribution in [2.75, 3.05) is 26.2 Å². The van der Waals surface area contributed by atoms with Crippen LogP contribution >= 0.6 is 11.3 Å². The molecule has 0 unspecified atom stereocenters. The Morgan fingerprint density at radius 3 is 2.86 bits per heavy atom. The zero-order chi connectivity index (χ0) is 24.6. The van der Waals surface area contributed by atoms with E-state index in [0.29, 0.717) is 23.8 Å². The highest BCUT2D eigenvalue weighted by Crippen LogP contribution is 2.32. The molecule has 0 spiro atoms. The van der Waals surface area contributed by atoms with Crippen LogP contribution in [0.3, 0.4) is 0 Å². The fourth-order valence-electron chi connectivity index (χ4n) is 4.84. The molecule has 0 atom stereocenters. The molecule has 7 rings (SSSR count). The van der Waals surface area contributed by atoms with Crippen LogP contribution in [-0.4, -0.2) is 66.3 Å². The maximum absolute atomic E-state index is 6.00. The molecule has 9 nitrogen and oxygen atoms in total. The van der Waals surface area contributed by atoms with Crippen LogP contribution in [0.2, 0.25) is 0 Å². The Bertz CT molecular complexity index is 1680. The molecule has 184 valence electrons. The molecule has 0 radical (unpaired) electrons. The number of imidazole rings is 1. The van der Waals surface area contributed by atoms with Crippen LogP contribution in [0.25, 0.3) is 56.1 Å². The molecule has 6 aromatic rings. The predicted octanol–water partition coefficient (Wildman–Crippen LogP) is 5.16. The lowest BCUT2D eigenvalue weighted by molar-refractivity contribution is 0.237. The number of hydrogen-bond acceptors (Lipinski definition) is 8. The quantitative estimate of drug-likeness (QED) is 0.307. The second-order valence-electron chi connectivity index (χ2n) is 9.13. The Balaban J connectivity index is 1.20. The Morgan fingerprint density at radius 1 is 1.03 bits per heavy atom. The summed E-state index contributed by atoms with van der Waals surface area (Å²) in [5.41, 5.74) is 7.61. The van der Waals surface area contributed by atoms with Gasteiger partial charge >= 0.3 is 0 Å². The monoisotopic (exact) mass is 508 g/mol. The second kappa shape index (κ2) is 9.38. The van der Waals surface area contributed by atoms with E-state index in [9.17, 15) is 0 Å². The van der Waals surface area contributed by atoms with Gasteiger partial charge in [0.1, 0.15) is 17.9 Å². The summed E-state index contributed by atoms with van der Waals surface area (Å²) in [5, 5.41) is 11.8. The highest BCUT2D eigenvalue weighted by atomic mass is 32.1. The zero-order valence-electron chi connectivity index (χ0n) is 20.0. The first-order chi connectivity index (χ1) is 18.3. The third-order valence-corrected chi connectivity index (χ3v) is 7.42. The number of H-pyrrole nitrogens is 2. The van der Waals surface area contributed by atoms with Crippen LogP contribution in [0, 0.1) is 0 Å². The van der Waals surface area contributed by atoms with E-state index in [1.54, 1.807) is 29.9 Å². The van der Waals surface area contributed by atoms with Gasteiger partial charge in [0.2, 0.25) is 0 Å². The van der Waals surface area contributed by atoms with E-state index in [-0.39, 0.29) is 0 Å². The van der Waals surface area contributed by atoms with Crippen molar-refractivity contribution in [2.24, 2.45) is 0 Å². The number of nitrogens with one attached hydrogen (secondary N) is 2. The zero-order valence-corrected chi connectivity index (χ0v) is 20.8. The fourth-order valence-corrected chi connectivity index (χ4v) is 5.50. The normalized spacial score (nSPS) is 14.2. The first-order valence-electron chi connectivity index (χ1n) is 12.4. The highest BCUT2D eigenvalue weighted by Gasteiger charge is 2.18. The van der Waals surface area contributed by atoms with Gasteiger partial charge in [-0.05, 0) is 72.6 Å². The molecule has 0 amide bonds. The SMILES string of the molecule is c1cc(-c2ccsc2)c2[nH]c(-c3n[nH]c4ccc(-c5cncc(OCCN6CCCC6)c5)nc34)nc2n1. The Labute approximate surface area is 216 Å². The summed E-state index contributed by atoms with van der Waals surface area (Å²) < 4.78 is 6.00. The molecule has 0 aliphatic carbocycles. The van der Waals surface area contributed by atoms with Gasteiger partial charge in [0.15, 0.2) is 17.2 Å². The fraction of sp³-hybridized carbons (Fsp3) is 0.222. The van der Waals surface area contributed by atoms with Crippen molar-refractivity contribution in [3.8, 4) is 39.7 Å². The van der Waals surface area contributed by atoms with E-state index >= 15 is 0 Å². The smallest absolute Gasteiger partial charge is 0.178 e. The molecule has 10 heteroatoms. The molecule has 1 fully saturated rings. The third kappa shape index (κ3) is 4.24. The van der Waals surface area contributed by atoms with E-state index < -0.39 is 0 Å². The summed E-state index contributed by atoms with van der Waals surface area (Å²) in [7, 11) is 0. The number of aromatic amines is 2. The molecule has 7 heterocycles. The van der Waals surface area contributed by atoms with Gasteiger partial charge in [-0.3, -0.25) is 15.0 Å². The lowest BCUT2D eigenvalue weighted by atomic mass is 10.1. The first kappa shape index (κ1) is 22.1. The van der Waals surface area contributed by atoms with Gasteiger partial charge in [-0.1, -0.05) is 0 Å². The average Bonchev–Trinajstić information content (AvgIpc) is 3.74. The largest absolute Gasteiger partial charge is 0.491 e. The minimum Gasteiger partial charge on any atom is -0.491 e. The average molecular weight is 509 g/mol. The number of hydrogen-bond donors (Lipinski definition) is 2. The van der Waals surface area contributed by atoms with Gasteiger partial charge in [-0.2, -0.15) is 16.4 Å². The van der Waals surface area contributed by atoms with E-state index in [1.165, 1.54) is 12.8 Å². The van der Waals surface area contributed by atoms with E-state index in [4.69, 9.17) is 14.7 Å². The van der Waals surface area contributed by atoms with Crippen molar-refractivity contribution in [2.45, 2.75) is 12.8 Å². The maximum Gasteiger partial charge on any atom is 0.178 e. The number of pyridine rings is 3. The van der Waals surface area contributed by atoms with Crippen LogP contribution in [-0.2, 0) is 0 Å². The van der Waals surface area contributed by atoms with Crippen LogP contribution < -0.4 is 4.74 Å². The molecule has 0 bridgehead atoms. The van der Waals surface area contributed by atoms with Gasteiger partial charge in [0.25, 0.3) is 0 Å². The van der Waals surface area contributed by atoms with Crippen LogP contribution in [0.5, 0.6) is 5.75 Å². The van der Waals surface area contributed by atoms with Crippen molar-refractivity contribution in [3.05, 3.63) is 59.7 Å². The number of ether oxygens (including phenoxy) is 1. The predicted molar refractivity (Wildman–Crippen MR) is 144 cm³/mol. The molecule has 2 N–H and O–H groups in total. The van der Waals surface area contributed by atoms with Gasteiger partial charge in [0, 0.05) is 30.1 Å². The van der Waals surface area contributed by atoms with E-state index in [1.807, 2.05) is 24.3 Å². The number of aromatic nitrogens is 7. The van der Waals surface area contributed by atoms with Crippen molar-refractivity contribution in [3.63, 3.8) is 0 Å². The molecular formula is C27H24N8OS. The maximum atomic E-state index is 6.00. The first-order valence-corrected chi connectivity index (χ1v) is 13.3. The van der Waals surface area contributed by atoms with E-state index in [2.05, 4.69) is 46.9 Å². The number of likely N-dealkylation sites (tertiary alicyclic amines) is 1. The number of thiophene rings is 1. The summed E-state index contributed by atoms with van der Waals surface area (Å²) >= 11 is 1.66. The summed E-state index contributed by atoms with van der Waals surface area (Å²) in [5.74, 6) is 1.37. The number of nitrogens with zero attached hydrogens (tertiary/aromatic N) is 6. The molecule has 0 aromatic carbocycles. The van der Waals surface area contributed by atoms with Gasteiger partial charge < -0.3 is 9.72 Å². The van der Waals surface area contributed by atoms with Gasteiger partial charge in [0.05, 0.1) is 22.9 Å². The summed E-state index contributed by atoms with van der Waals surface area (Å²) in [6.07, 6.45) is 7.90. The number of rotatable bonds is 7. The van der Waals surface area contributed by atoms with E-state index in [0.717, 1.165) is 64.3 Å². The van der Waals surface area contributed by atoms with Crippen molar-refractivity contribution >= 4 is 33.5 Å². The molecule has 1 aliphatic heterocycles. The van der Waals surface area contributed by atoms with Crippen LogP contribution in [0.1, 0.15) is 12.8 Å². The van der Waals surface area contributed by atoms with Gasteiger partial charge in [-0.15, -0.1) is 0 Å². The van der Waals surface area contributed by atoms with Gasteiger partial charge in [-0.25, -0.2) is 15.0 Å². The van der Waals surface area contributed by atoms with Crippen molar-refractivity contribution in [1.29, 1.82) is 0 Å². The molecular weight excluding hydrogens is 484 g/mol. The Hall–Kier alpha value is -4.15. The molecule has 0 saturated carbocycles. The Morgan fingerprint density at radius 2 is 1.97 bits per heavy atom. The molecule has 1 aliphatic rings. The standard InChI is InChI=1S/C27H24N8OS/c1-2-9-35(8-1)10-11-36-19-13-18(14-28-15-19)21-3-4-22-24(30-21)25(34-33-22)27-31-23-20(17-6-12-37-16-17)5-7-29-26(23)32-27/h3-7,12-16H,1-2,8-11H2,(H,33,34)(H,29,31,32). The molecule has 37 heavy (non-hydrogen) atoms. The molecule has 6 aromatic heterocycles. The lowest BCUT2D eigenvalue weighted by Gasteiger charge is -2.15. The third-order valence-electron chi connectivity index (χ3n) is 6.74. The van der Waals surface area contributed by atoms with Crippen molar-refractivity contribution < 1.29 is 4.74 Å². The lowest BCUT2D eigenvalue weighted by Crippen LogP contribution is -2.25. The highest BCUT2D eigenvalue weighted by molar-refractivity contribution is 7.08. The van der Waals surface area contributed by atoms with Crippen molar-refractivity contribution in [1.82, 2.24) is 40.0 Å². The minimum absolute atomic E-state index is 0.623. The topological polar surface area (TPSA) is 108 Å². The summed E-state index contributed by atoms with van der Waals surface area (Å²) in [6, 6.07) is 10.0. The minimum atomic E-state index is 0.623. The summed E-state index contributed by atoms with van der Waals surface area (Å²) in [6.45, 7) is 3.91. The number of fused-ring (bicyclic) bond motifs is 2. The second-order valence-corrected chi connectivity index (χ2v) is 9.91. The Kier molecular flexibility index (Phi) is 5.60. The van der Waals surface area contributed by atoms with Crippen LogP contribution in [0.4, 0.5) is 0 Å².